The van der Waals surface area contributed by atoms with E-state index in [0.29, 0.717) is 17.9 Å². The maximum Gasteiger partial charge on any atom is 0.234 e. The number of benzene rings is 2. The third-order valence-electron chi connectivity index (χ3n) is 5.61. The van der Waals surface area contributed by atoms with E-state index in [1.165, 1.54) is 24.3 Å². The Hall–Kier alpha value is -2.03. The van der Waals surface area contributed by atoms with Gasteiger partial charge >= 0.3 is 0 Å². The fraction of sp³-hybridized carbons (Fsp3) is 0.350. The Labute approximate surface area is 173 Å². The maximum atomic E-state index is 14.7. The zero-order valence-corrected chi connectivity index (χ0v) is 17.1. The van der Waals surface area contributed by atoms with Crippen LogP contribution in [0.25, 0.3) is 0 Å². The van der Waals surface area contributed by atoms with Crippen molar-refractivity contribution in [3.63, 3.8) is 0 Å². The lowest BCUT2D eigenvalue weighted by Crippen LogP contribution is -2.41. The number of hydrogen-bond donors (Lipinski definition) is 2. The van der Waals surface area contributed by atoms with E-state index in [1.54, 1.807) is 0 Å². The fourth-order valence-corrected chi connectivity index (χ4v) is 6.33. The summed E-state index contributed by atoms with van der Waals surface area (Å²) in [4.78, 5) is 11.6. The second-order valence-electron chi connectivity index (χ2n) is 7.29. The molecule has 3 N–H and O–H groups in total. The number of rotatable bonds is 5. The minimum Gasteiger partial charge on any atom is -0.294 e. The van der Waals surface area contributed by atoms with Crippen LogP contribution in [0.15, 0.2) is 47.4 Å². The number of hydrogen-bond acceptors (Lipinski definition) is 4. The molecule has 9 heteroatoms. The van der Waals surface area contributed by atoms with Crippen molar-refractivity contribution in [3.05, 3.63) is 64.7 Å². The van der Waals surface area contributed by atoms with Crippen molar-refractivity contribution in [1.82, 2.24) is 5.43 Å². The second-order valence-corrected chi connectivity index (χ2v) is 9.99. The quantitative estimate of drug-likeness (QED) is 0.418. The molecule has 0 aromatic heterocycles. The minimum absolute atomic E-state index is 0.0105. The Morgan fingerprint density at radius 2 is 1.76 bits per heavy atom. The van der Waals surface area contributed by atoms with Gasteiger partial charge in [0.1, 0.15) is 16.4 Å². The zero-order valence-electron chi connectivity index (χ0n) is 15.5. The van der Waals surface area contributed by atoms with E-state index < -0.39 is 26.2 Å². The van der Waals surface area contributed by atoms with Crippen molar-refractivity contribution in [1.29, 1.82) is 0 Å². The summed E-state index contributed by atoms with van der Waals surface area (Å²) in [5, 5.41) is 0.367. The first-order valence-corrected chi connectivity index (χ1v) is 11.0. The highest BCUT2D eigenvalue weighted by molar-refractivity contribution is 7.92. The molecule has 0 heterocycles. The SMILES string of the molecule is NNC(=O)CC1CCC(c2cc(F)ccc2F)(S(=O)(=O)c2ccc(Cl)cc2)CC1. The van der Waals surface area contributed by atoms with Gasteiger partial charge in [0, 0.05) is 17.0 Å². The van der Waals surface area contributed by atoms with Gasteiger partial charge in [-0.1, -0.05) is 11.6 Å². The van der Waals surface area contributed by atoms with Crippen LogP contribution in [0.4, 0.5) is 8.78 Å². The molecule has 156 valence electrons. The average molecular weight is 443 g/mol. The summed E-state index contributed by atoms with van der Waals surface area (Å²) in [5.41, 5.74) is 1.88. The van der Waals surface area contributed by atoms with Crippen LogP contribution in [0.2, 0.25) is 5.02 Å². The first kappa shape index (κ1) is 21.7. The molecule has 2 aromatic rings. The van der Waals surface area contributed by atoms with Crippen LogP contribution in [0.3, 0.4) is 0 Å². The number of halogens is 3. The molecular formula is C20H21ClF2N2O3S. The molecule has 0 atom stereocenters. The van der Waals surface area contributed by atoms with Crippen LogP contribution >= 0.6 is 11.6 Å². The van der Waals surface area contributed by atoms with Gasteiger partial charge < -0.3 is 0 Å². The molecule has 2 aromatic carbocycles. The number of carbonyl (C=O) groups is 1. The molecule has 0 radical (unpaired) electrons. The Morgan fingerprint density at radius 3 is 2.34 bits per heavy atom. The van der Waals surface area contributed by atoms with Gasteiger partial charge in [-0.05, 0) is 74.1 Å². The monoisotopic (exact) mass is 442 g/mol. The summed E-state index contributed by atoms with van der Waals surface area (Å²) in [6.07, 6.45) is 0.979. The highest BCUT2D eigenvalue weighted by atomic mass is 35.5. The van der Waals surface area contributed by atoms with Crippen molar-refractivity contribution in [3.8, 4) is 0 Å². The summed E-state index contributed by atoms with van der Waals surface area (Å²) in [7, 11) is -4.08. The summed E-state index contributed by atoms with van der Waals surface area (Å²) in [6, 6.07) is 8.48. The molecular weight excluding hydrogens is 422 g/mol. The van der Waals surface area contributed by atoms with Gasteiger partial charge in [0.05, 0.1) is 4.90 Å². The molecule has 0 aliphatic heterocycles. The lowest BCUT2D eigenvalue weighted by atomic mass is 9.76. The van der Waals surface area contributed by atoms with Crippen molar-refractivity contribution in [2.24, 2.45) is 11.8 Å². The van der Waals surface area contributed by atoms with E-state index in [4.69, 9.17) is 17.4 Å². The Bertz CT molecular complexity index is 1000. The van der Waals surface area contributed by atoms with Crippen LogP contribution in [0.1, 0.15) is 37.7 Å². The Morgan fingerprint density at radius 1 is 1.14 bits per heavy atom. The normalized spacial score (nSPS) is 22.3. The van der Waals surface area contributed by atoms with E-state index in [1.807, 2.05) is 0 Å². The average Bonchev–Trinajstić information content (AvgIpc) is 2.70. The number of amides is 1. The second kappa shape index (κ2) is 8.38. The lowest BCUT2D eigenvalue weighted by Gasteiger charge is -2.40. The van der Waals surface area contributed by atoms with E-state index in [2.05, 4.69) is 5.43 Å². The van der Waals surface area contributed by atoms with Gasteiger partial charge in [-0.25, -0.2) is 23.0 Å². The lowest BCUT2D eigenvalue weighted by molar-refractivity contribution is -0.122. The van der Waals surface area contributed by atoms with E-state index >= 15 is 0 Å². The summed E-state index contributed by atoms with van der Waals surface area (Å²) >= 11 is 5.87. The number of carbonyl (C=O) groups excluding carboxylic acids is 1. The predicted octanol–water partition coefficient (Wildman–Crippen LogP) is 3.86. The molecule has 0 bridgehead atoms. The Balaban J connectivity index is 2.07. The van der Waals surface area contributed by atoms with E-state index in [0.717, 1.165) is 18.2 Å². The number of sulfone groups is 1. The summed E-state index contributed by atoms with van der Waals surface area (Å²) < 4.78 is 54.3. The maximum absolute atomic E-state index is 14.7. The molecule has 0 spiro atoms. The molecule has 1 amide bonds. The van der Waals surface area contributed by atoms with Gasteiger partial charge in [-0.3, -0.25) is 10.2 Å². The molecule has 1 fully saturated rings. The molecule has 1 aliphatic rings. The minimum atomic E-state index is -4.08. The smallest absolute Gasteiger partial charge is 0.234 e. The first-order chi connectivity index (χ1) is 13.7. The van der Waals surface area contributed by atoms with Crippen LogP contribution in [0.5, 0.6) is 0 Å². The molecule has 3 rings (SSSR count). The standard InChI is InChI=1S/C20H21ClF2N2O3S/c21-14-1-4-16(5-2-14)29(27,28)20(17-12-15(22)3-6-18(17)23)9-7-13(8-10-20)11-19(26)25-24/h1-6,12-13H,7-11,24H2,(H,25,26). The summed E-state index contributed by atoms with van der Waals surface area (Å²) in [6.45, 7) is 0. The van der Waals surface area contributed by atoms with Crippen LogP contribution < -0.4 is 11.3 Å². The molecule has 5 nitrogen and oxygen atoms in total. The van der Waals surface area contributed by atoms with Crippen molar-refractivity contribution in [2.75, 3.05) is 0 Å². The van der Waals surface area contributed by atoms with Crippen LogP contribution in [-0.4, -0.2) is 14.3 Å². The van der Waals surface area contributed by atoms with Crippen molar-refractivity contribution in [2.45, 2.75) is 41.7 Å². The number of nitrogens with one attached hydrogen (secondary N) is 1. The molecule has 0 saturated heterocycles. The van der Waals surface area contributed by atoms with Crippen molar-refractivity contribution < 1.29 is 22.0 Å². The fourth-order valence-electron chi connectivity index (χ4n) is 4.04. The third kappa shape index (κ3) is 4.15. The third-order valence-corrected chi connectivity index (χ3v) is 8.41. The van der Waals surface area contributed by atoms with Gasteiger partial charge in [-0.15, -0.1) is 0 Å². The van der Waals surface area contributed by atoms with Crippen LogP contribution in [-0.2, 0) is 19.4 Å². The first-order valence-electron chi connectivity index (χ1n) is 9.15. The van der Waals surface area contributed by atoms with E-state index in [-0.39, 0.29) is 41.5 Å². The van der Waals surface area contributed by atoms with Gasteiger partial charge in [0.2, 0.25) is 5.91 Å². The molecule has 1 saturated carbocycles. The highest BCUT2D eigenvalue weighted by Gasteiger charge is 2.50. The molecule has 0 unspecified atom stereocenters. The number of hydrazine groups is 1. The number of nitrogens with two attached hydrogens (primary N) is 1. The molecule has 29 heavy (non-hydrogen) atoms. The van der Waals surface area contributed by atoms with Gasteiger partial charge in [-0.2, -0.15) is 0 Å². The van der Waals surface area contributed by atoms with Gasteiger partial charge in [0.15, 0.2) is 9.84 Å². The van der Waals surface area contributed by atoms with Crippen LogP contribution in [0, 0.1) is 17.6 Å². The summed E-state index contributed by atoms with van der Waals surface area (Å²) in [5.74, 6) is 3.20. The van der Waals surface area contributed by atoms with Crippen molar-refractivity contribution >= 4 is 27.3 Å². The Kier molecular flexibility index (Phi) is 6.26. The van der Waals surface area contributed by atoms with Gasteiger partial charge in [0.25, 0.3) is 0 Å². The largest absolute Gasteiger partial charge is 0.294 e. The predicted molar refractivity (Wildman–Crippen MR) is 106 cm³/mol. The van der Waals surface area contributed by atoms with E-state index in [9.17, 15) is 22.0 Å². The topological polar surface area (TPSA) is 89.3 Å². The zero-order chi connectivity index (χ0) is 21.2. The highest BCUT2D eigenvalue weighted by Crippen LogP contribution is 2.49. The molecule has 1 aliphatic carbocycles.